The Labute approximate surface area is 184 Å². The van der Waals surface area contributed by atoms with Crippen LogP contribution in [0.2, 0.25) is 0 Å². The second kappa shape index (κ2) is 9.01. The SMILES string of the molecule is Cn1c(CNCCO)cnc1C(=O)Nc1cccc(-c2cccc3c2cnn3C)c1C#N. The maximum absolute atomic E-state index is 12.9. The molecule has 4 rings (SSSR count). The van der Waals surface area contributed by atoms with Crippen molar-refractivity contribution in [3.63, 3.8) is 0 Å². The molecule has 0 atom stereocenters. The number of anilines is 1. The molecule has 0 aliphatic rings. The second-order valence-electron chi connectivity index (χ2n) is 7.33. The molecule has 0 unspecified atom stereocenters. The molecule has 0 spiro atoms. The lowest BCUT2D eigenvalue weighted by Gasteiger charge is -2.12. The molecule has 162 valence electrons. The molecule has 0 aliphatic carbocycles. The van der Waals surface area contributed by atoms with E-state index in [0.717, 1.165) is 27.7 Å². The predicted molar refractivity (Wildman–Crippen MR) is 121 cm³/mol. The topological polar surface area (TPSA) is 121 Å². The van der Waals surface area contributed by atoms with E-state index in [0.29, 0.717) is 24.3 Å². The van der Waals surface area contributed by atoms with Gasteiger partial charge in [0.2, 0.25) is 0 Å². The summed E-state index contributed by atoms with van der Waals surface area (Å²) in [5.74, 6) is -0.177. The summed E-state index contributed by atoms with van der Waals surface area (Å²) in [4.78, 5) is 17.2. The third-order valence-corrected chi connectivity index (χ3v) is 5.39. The molecule has 2 heterocycles. The largest absolute Gasteiger partial charge is 0.395 e. The average molecular weight is 429 g/mol. The van der Waals surface area contributed by atoms with Crippen LogP contribution in [0.1, 0.15) is 21.9 Å². The van der Waals surface area contributed by atoms with Crippen LogP contribution in [0.15, 0.2) is 48.8 Å². The van der Waals surface area contributed by atoms with Crippen LogP contribution < -0.4 is 10.6 Å². The van der Waals surface area contributed by atoms with Gasteiger partial charge >= 0.3 is 0 Å². The van der Waals surface area contributed by atoms with Crippen LogP contribution in [0.4, 0.5) is 5.69 Å². The monoisotopic (exact) mass is 429 g/mol. The molecule has 0 saturated heterocycles. The summed E-state index contributed by atoms with van der Waals surface area (Å²) >= 11 is 0. The Hall–Kier alpha value is -4.00. The van der Waals surface area contributed by atoms with Crippen molar-refractivity contribution >= 4 is 22.5 Å². The summed E-state index contributed by atoms with van der Waals surface area (Å²) in [6.45, 7) is 0.964. The van der Waals surface area contributed by atoms with E-state index in [1.165, 1.54) is 0 Å². The summed E-state index contributed by atoms with van der Waals surface area (Å²) in [5, 5.41) is 30.0. The molecule has 2 aromatic carbocycles. The third kappa shape index (κ3) is 3.85. The highest BCUT2D eigenvalue weighted by atomic mass is 16.3. The summed E-state index contributed by atoms with van der Waals surface area (Å²) < 4.78 is 3.47. The number of hydrogen-bond donors (Lipinski definition) is 3. The van der Waals surface area contributed by atoms with Gasteiger partial charge in [0, 0.05) is 38.1 Å². The van der Waals surface area contributed by atoms with Crippen molar-refractivity contribution in [1.29, 1.82) is 5.26 Å². The van der Waals surface area contributed by atoms with E-state index in [1.54, 1.807) is 34.8 Å². The number of fused-ring (bicyclic) bond motifs is 1. The zero-order chi connectivity index (χ0) is 22.7. The number of amides is 1. The maximum atomic E-state index is 12.9. The Morgan fingerprint density at radius 2 is 1.94 bits per heavy atom. The van der Waals surface area contributed by atoms with Crippen molar-refractivity contribution in [2.75, 3.05) is 18.5 Å². The number of imidazole rings is 1. The molecule has 32 heavy (non-hydrogen) atoms. The number of aromatic nitrogens is 4. The highest BCUT2D eigenvalue weighted by molar-refractivity contribution is 6.04. The summed E-state index contributed by atoms with van der Waals surface area (Å²) in [7, 11) is 3.62. The first-order valence-corrected chi connectivity index (χ1v) is 10.1. The van der Waals surface area contributed by atoms with Gasteiger partial charge in [0.1, 0.15) is 6.07 Å². The lowest BCUT2D eigenvalue weighted by molar-refractivity contribution is 0.101. The number of benzene rings is 2. The lowest BCUT2D eigenvalue weighted by atomic mass is 9.96. The minimum absolute atomic E-state index is 0.0330. The summed E-state index contributed by atoms with van der Waals surface area (Å²) in [6.07, 6.45) is 3.39. The van der Waals surface area contributed by atoms with Crippen molar-refractivity contribution < 1.29 is 9.90 Å². The van der Waals surface area contributed by atoms with Crippen LogP contribution in [0.3, 0.4) is 0 Å². The van der Waals surface area contributed by atoms with Crippen molar-refractivity contribution in [2.45, 2.75) is 6.54 Å². The van der Waals surface area contributed by atoms with Gasteiger partial charge in [0.15, 0.2) is 5.82 Å². The van der Waals surface area contributed by atoms with E-state index in [1.807, 2.05) is 37.4 Å². The number of nitriles is 1. The smallest absolute Gasteiger partial charge is 0.291 e. The number of carbonyl (C=O) groups excluding carboxylic acids is 1. The van der Waals surface area contributed by atoms with Crippen LogP contribution in [0.25, 0.3) is 22.0 Å². The van der Waals surface area contributed by atoms with Crippen LogP contribution in [0, 0.1) is 11.3 Å². The molecule has 9 nitrogen and oxygen atoms in total. The van der Waals surface area contributed by atoms with E-state index < -0.39 is 5.91 Å². The third-order valence-electron chi connectivity index (χ3n) is 5.39. The minimum atomic E-state index is -0.408. The minimum Gasteiger partial charge on any atom is -0.395 e. The number of nitrogens with one attached hydrogen (secondary N) is 2. The molecule has 3 N–H and O–H groups in total. The van der Waals surface area contributed by atoms with Gasteiger partial charge in [-0.15, -0.1) is 0 Å². The van der Waals surface area contributed by atoms with E-state index in [4.69, 9.17) is 5.11 Å². The quantitative estimate of drug-likeness (QED) is 0.387. The first kappa shape index (κ1) is 21.2. The molecule has 0 saturated carbocycles. The molecule has 4 aromatic rings. The molecule has 9 heteroatoms. The molecule has 0 aliphatic heterocycles. The summed E-state index contributed by atoms with van der Waals surface area (Å²) in [6, 6.07) is 13.5. The highest BCUT2D eigenvalue weighted by Gasteiger charge is 2.19. The molecule has 1 amide bonds. The van der Waals surface area contributed by atoms with Gasteiger partial charge in [0.25, 0.3) is 5.91 Å². The van der Waals surface area contributed by atoms with E-state index in [9.17, 15) is 10.1 Å². The van der Waals surface area contributed by atoms with Gasteiger partial charge < -0.3 is 20.3 Å². The molecule has 0 radical (unpaired) electrons. The van der Waals surface area contributed by atoms with E-state index >= 15 is 0 Å². The number of aliphatic hydroxyl groups is 1. The molecule has 0 fully saturated rings. The predicted octanol–water partition coefficient (Wildman–Crippen LogP) is 2.18. The number of rotatable bonds is 7. The first-order valence-electron chi connectivity index (χ1n) is 10.1. The molecule has 2 aromatic heterocycles. The van der Waals surface area contributed by atoms with Gasteiger partial charge in [0.05, 0.1) is 41.5 Å². The summed E-state index contributed by atoms with van der Waals surface area (Å²) in [5.41, 5.74) is 4.14. The van der Waals surface area contributed by atoms with Crippen LogP contribution in [0.5, 0.6) is 0 Å². The van der Waals surface area contributed by atoms with Crippen LogP contribution in [-0.2, 0) is 20.6 Å². The fourth-order valence-electron chi connectivity index (χ4n) is 3.71. The Bertz CT molecular complexity index is 1330. The van der Waals surface area contributed by atoms with Gasteiger partial charge in [-0.05, 0) is 17.7 Å². The van der Waals surface area contributed by atoms with Crippen molar-refractivity contribution in [1.82, 2.24) is 24.6 Å². The van der Waals surface area contributed by atoms with Crippen LogP contribution >= 0.6 is 0 Å². The number of hydrogen-bond acceptors (Lipinski definition) is 6. The lowest BCUT2D eigenvalue weighted by Crippen LogP contribution is -2.21. The molecular weight excluding hydrogens is 406 g/mol. The normalized spacial score (nSPS) is 10.9. The van der Waals surface area contributed by atoms with Gasteiger partial charge in [-0.1, -0.05) is 24.3 Å². The molecular formula is C23H23N7O2. The fourth-order valence-corrected chi connectivity index (χ4v) is 3.71. The fraction of sp³-hybridized carbons (Fsp3) is 0.217. The van der Waals surface area contributed by atoms with Gasteiger partial charge in [-0.2, -0.15) is 10.4 Å². The van der Waals surface area contributed by atoms with E-state index in [-0.39, 0.29) is 12.4 Å². The zero-order valence-corrected chi connectivity index (χ0v) is 17.8. The zero-order valence-electron chi connectivity index (χ0n) is 17.8. The van der Waals surface area contributed by atoms with E-state index in [2.05, 4.69) is 26.8 Å². The Balaban J connectivity index is 1.66. The Morgan fingerprint density at radius 3 is 2.72 bits per heavy atom. The first-order chi connectivity index (χ1) is 15.5. The highest BCUT2D eigenvalue weighted by Crippen LogP contribution is 2.33. The van der Waals surface area contributed by atoms with Gasteiger partial charge in [-0.25, -0.2) is 4.98 Å². The standard InChI is InChI=1S/C23H23N7O2/c1-29-15(12-25-9-10-31)13-26-22(29)23(32)28-20-7-3-5-16(18(20)11-24)17-6-4-8-21-19(17)14-27-30(21)2/h3-8,13-14,25,31H,9-10,12H2,1-2H3,(H,28,32). The second-order valence-corrected chi connectivity index (χ2v) is 7.33. The number of aliphatic hydroxyl groups excluding tert-OH is 1. The average Bonchev–Trinajstić information content (AvgIpc) is 3.36. The number of aryl methyl sites for hydroxylation is 1. The van der Waals surface area contributed by atoms with Crippen molar-refractivity contribution in [3.8, 4) is 17.2 Å². The Morgan fingerprint density at radius 1 is 1.16 bits per heavy atom. The number of nitrogens with zero attached hydrogens (tertiary/aromatic N) is 5. The van der Waals surface area contributed by atoms with Crippen molar-refractivity contribution in [2.24, 2.45) is 14.1 Å². The number of carbonyl (C=O) groups is 1. The maximum Gasteiger partial charge on any atom is 0.291 e. The van der Waals surface area contributed by atoms with Gasteiger partial charge in [-0.3, -0.25) is 9.48 Å². The van der Waals surface area contributed by atoms with Crippen LogP contribution in [-0.4, -0.2) is 43.5 Å². The van der Waals surface area contributed by atoms with Crippen molar-refractivity contribution in [3.05, 3.63) is 65.9 Å². The Kier molecular flexibility index (Phi) is 5.98. The molecule has 0 bridgehead atoms.